The number of nitrogens with zero attached hydrogens (tertiary/aromatic N) is 2. The fourth-order valence-electron chi connectivity index (χ4n) is 2.47. The Morgan fingerprint density at radius 1 is 1.00 bits per heavy atom. The molecule has 0 saturated carbocycles. The number of thiocarbonyl (C=S) groups is 1. The summed E-state index contributed by atoms with van der Waals surface area (Å²) in [5, 5.41) is 27.4. The topological polar surface area (TPSA) is 146 Å². The zero-order valence-electron chi connectivity index (χ0n) is 14.7. The van der Waals surface area contributed by atoms with Gasteiger partial charge in [0.15, 0.2) is 16.6 Å². The van der Waals surface area contributed by atoms with Crippen LogP contribution in [-0.2, 0) is 4.79 Å². The number of ether oxygens (including phenoxy) is 2. The molecule has 0 atom stereocenters. The van der Waals surface area contributed by atoms with Gasteiger partial charge in [-0.05, 0) is 42.1 Å². The highest BCUT2D eigenvalue weighted by atomic mass is 32.1. The highest BCUT2D eigenvalue weighted by Gasteiger charge is 2.23. The number of methoxy groups -OCH3 is 1. The average Bonchev–Trinajstić information content (AvgIpc) is 2.99. The molecule has 1 fully saturated rings. The SMILES string of the molecule is COc1cc(C=C2NC(=S)NC2=O)ccc1Oc1ccc([N+](=O)[O-])cc1[N+](=O)[O-]. The molecular formula is C17H12N4O7S. The number of non-ortho nitro benzene ring substituents is 1. The van der Waals surface area contributed by atoms with Gasteiger partial charge in [0.2, 0.25) is 5.75 Å². The van der Waals surface area contributed by atoms with E-state index in [0.29, 0.717) is 5.56 Å². The van der Waals surface area contributed by atoms with Crippen LogP contribution in [0.3, 0.4) is 0 Å². The van der Waals surface area contributed by atoms with E-state index in [4.69, 9.17) is 21.7 Å². The van der Waals surface area contributed by atoms with Crippen molar-refractivity contribution in [3.8, 4) is 17.2 Å². The van der Waals surface area contributed by atoms with Crippen LogP contribution < -0.4 is 20.1 Å². The number of hydrogen-bond donors (Lipinski definition) is 2. The van der Waals surface area contributed by atoms with Gasteiger partial charge in [-0.15, -0.1) is 0 Å². The van der Waals surface area contributed by atoms with E-state index in [1.807, 2.05) is 0 Å². The molecule has 0 spiro atoms. The fourth-order valence-corrected chi connectivity index (χ4v) is 2.68. The summed E-state index contributed by atoms with van der Waals surface area (Å²) < 4.78 is 10.8. The predicted molar refractivity (Wildman–Crippen MR) is 105 cm³/mol. The molecule has 29 heavy (non-hydrogen) atoms. The number of carbonyl (C=O) groups is 1. The zero-order valence-corrected chi connectivity index (χ0v) is 15.5. The third-order valence-electron chi connectivity index (χ3n) is 3.79. The smallest absolute Gasteiger partial charge is 0.318 e. The molecule has 3 rings (SSSR count). The monoisotopic (exact) mass is 416 g/mol. The number of rotatable bonds is 6. The number of nitro benzene ring substituents is 2. The number of benzene rings is 2. The summed E-state index contributed by atoms with van der Waals surface area (Å²) in [4.78, 5) is 32.3. The Balaban J connectivity index is 1.93. The van der Waals surface area contributed by atoms with Crippen LogP contribution in [0.5, 0.6) is 17.2 Å². The molecule has 1 heterocycles. The maximum atomic E-state index is 11.7. The summed E-state index contributed by atoms with van der Waals surface area (Å²) in [7, 11) is 1.37. The second-order valence-corrected chi connectivity index (χ2v) is 6.05. The van der Waals surface area contributed by atoms with Gasteiger partial charge in [-0.2, -0.15) is 0 Å². The minimum Gasteiger partial charge on any atom is -0.493 e. The van der Waals surface area contributed by atoms with E-state index in [1.165, 1.54) is 19.3 Å². The van der Waals surface area contributed by atoms with Crippen molar-refractivity contribution in [2.75, 3.05) is 7.11 Å². The number of carbonyl (C=O) groups excluding carboxylic acids is 1. The van der Waals surface area contributed by atoms with E-state index in [0.717, 1.165) is 18.2 Å². The molecule has 1 aliphatic rings. The maximum Gasteiger partial charge on any atom is 0.318 e. The number of nitrogens with one attached hydrogen (secondary N) is 2. The van der Waals surface area contributed by atoms with Crippen LogP contribution in [-0.4, -0.2) is 28.0 Å². The van der Waals surface area contributed by atoms with Gasteiger partial charge in [0.05, 0.1) is 23.0 Å². The Hall–Kier alpha value is -4.06. The van der Waals surface area contributed by atoms with E-state index in [-0.39, 0.29) is 34.0 Å². The summed E-state index contributed by atoms with van der Waals surface area (Å²) in [6.45, 7) is 0. The molecule has 11 nitrogen and oxygen atoms in total. The molecular weight excluding hydrogens is 404 g/mol. The Labute approximate surface area is 168 Å². The van der Waals surface area contributed by atoms with Crippen molar-refractivity contribution in [1.82, 2.24) is 10.6 Å². The normalized spacial score (nSPS) is 14.3. The lowest BCUT2D eigenvalue weighted by molar-refractivity contribution is -0.394. The molecule has 0 aromatic heterocycles. The van der Waals surface area contributed by atoms with Crippen LogP contribution in [0.25, 0.3) is 6.08 Å². The minimum atomic E-state index is -0.777. The maximum absolute atomic E-state index is 11.7. The highest BCUT2D eigenvalue weighted by molar-refractivity contribution is 7.80. The number of nitro groups is 2. The number of hydrogen-bond acceptors (Lipinski definition) is 8. The van der Waals surface area contributed by atoms with Crippen molar-refractivity contribution in [3.63, 3.8) is 0 Å². The van der Waals surface area contributed by atoms with Gasteiger partial charge < -0.3 is 14.8 Å². The van der Waals surface area contributed by atoms with Gasteiger partial charge in [-0.1, -0.05) is 6.07 Å². The van der Waals surface area contributed by atoms with Gasteiger partial charge in [0, 0.05) is 6.07 Å². The first kappa shape index (κ1) is 19.7. The van der Waals surface area contributed by atoms with Gasteiger partial charge in [0.1, 0.15) is 5.70 Å². The third kappa shape index (κ3) is 4.27. The largest absolute Gasteiger partial charge is 0.493 e. The minimum absolute atomic E-state index is 0.144. The van der Waals surface area contributed by atoms with Gasteiger partial charge in [0.25, 0.3) is 11.6 Å². The zero-order chi connectivity index (χ0) is 21.1. The third-order valence-corrected chi connectivity index (χ3v) is 3.99. The Kier molecular flexibility index (Phi) is 5.36. The van der Waals surface area contributed by atoms with E-state index in [1.54, 1.807) is 12.1 Å². The number of amides is 1. The molecule has 0 unspecified atom stereocenters. The van der Waals surface area contributed by atoms with Crippen LogP contribution in [0.4, 0.5) is 11.4 Å². The lowest BCUT2D eigenvalue weighted by Crippen LogP contribution is -2.21. The summed E-state index contributed by atoms with van der Waals surface area (Å²) in [5.74, 6) is -0.193. The molecule has 0 bridgehead atoms. The van der Waals surface area contributed by atoms with Crippen molar-refractivity contribution < 1.29 is 24.1 Å². The molecule has 1 saturated heterocycles. The summed E-state index contributed by atoms with van der Waals surface area (Å²) in [6.07, 6.45) is 1.54. The van der Waals surface area contributed by atoms with E-state index in [2.05, 4.69) is 10.6 Å². The van der Waals surface area contributed by atoms with Crippen LogP contribution >= 0.6 is 12.2 Å². The fraction of sp³-hybridized carbons (Fsp3) is 0.0588. The Bertz CT molecular complexity index is 1080. The van der Waals surface area contributed by atoms with Crippen molar-refractivity contribution in [2.45, 2.75) is 0 Å². The van der Waals surface area contributed by atoms with Crippen molar-refractivity contribution >= 4 is 40.7 Å². The van der Waals surface area contributed by atoms with E-state index < -0.39 is 21.2 Å². The molecule has 0 aliphatic carbocycles. The van der Waals surface area contributed by atoms with Gasteiger partial charge in [-0.25, -0.2) is 0 Å². The molecule has 148 valence electrons. The first-order valence-corrected chi connectivity index (χ1v) is 8.32. The van der Waals surface area contributed by atoms with Crippen LogP contribution in [0.1, 0.15) is 5.56 Å². The summed E-state index contributed by atoms with van der Waals surface area (Å²) in [5.41, 5.74) is -0.169. The summed E-state index contributed by atoms with van der Waals surface area (Å²) in [6, 6.07) is 7.68. The van der Waals surface area contributed by atoms with Crippen LogP contribution in [0, 0.1) is 20.2 Å². The Morgan fingerprint density at radius 2 is 1.72 bits per heavy atom. The lowest BCUT2D eigenvalue weighted by Gasteiger charge is -2.11. The van der Waals surface area contributed by atoms with Gasteiger partial charge in [-0.3, -0.25) is 30.3 Å². The van der Waals surface area contributed by atoms with E-state index >= 15 is 0 Å². The highest BCUT2D eigenvalue weighted by Crippen LogP contribution is 2.38. The molecule has 1 amide bonds. The molecule has 1 aliphatic heterocycles. The average molecular weight is 416 g/mol. The van der Waals surface area contributed by atoms with Crippen molar-refractivity contribution in [1.29, 1.82) is 0 Å². The van der Waals surface area contributed by atoms with Crippen LogP contribution in [0.2, 0.25) is 0 Å². The first-order valence-electron chi connectivity index (χ1n) is 7.91. The molecule has 2 aromatic rings. The van der Waals surface area contributed by atoms with Crippen LogP contribution in [0.15, 0.2) is 42.1 Å². The predicted octanol–water partition coefficient (Wildman–Crippen LogP) is 2.65. The first-order chi connectivity index (χ1) is 13.8. The second-order valence-electron chi connectivity index (χ2n) is 5.64. The molecule has 2 aromatic carbocycles. The lowest BCUT2D eigenvalue weighted by atomic mass is 10.1. The molecule has 2 N–H and O–H groups in total. The summed E-state index contributed by atoms with van der Waals surface area (Å²) >= 11 is 4.86. The van der Waals surface area contributed by atoms with Gasteiger partial charge >= 0.3 is 5.69 Å². The Morgan fingerprint density at radius 3 is 2.31 bits per heavy atom. The van der Waals surface area contributed by atoms with E-state index in [9.17, 15) is 25.0 Å². The molecule has 12 heteroatoms. The second kappa shape index (κ2) is 7.90. The molecule has 0 radical (unpaired) electrons. The van der Waals surface area contributed by atoms with Crippen molar-refractivity contribution in [2.24, 2.45) is 0 Å². The quantitative estimate of drug-likeness (QED) is 0.314. The standard InChI is InChI=1S/C17H12N4O7S/c1-27-15-7-9(6-11-16(22)19-17(29)18-11)2-4-14(15)28-13-5-3-10(20(23)24)8-12(13)21(25)26/h2-8H,1H3,(H2,18,19,22,29). The van der Waals surface area contributed by atoms with Crippen molar-refractivity contribution in [3.05, 3.63) is 67.9 Å².